The van der Waals surface area contributed by atoms with Crippen LogP contribution in [0.25, 0.3) is 11.0 Å². The molecule has 1 spiro atoms. The Morgan fingerprint density at radius 2 is 2.07 bits per heavy atom. The van der Waals surface area contributed by atoms with Gasteiger partial charge in [0.05, 0.1) is 13.7 Å². The van der Waals surface area contributed by atoms with Crippen LogP contribution < -0.4 is 15.7 Å². The van der Waals surface area contributed by atoms with Crippen molar-refractivity contribution in [1.29, 1.82) is 0 Å². The summed E-state index contributed by atoms with van der Waals surface area (Å²) in [5.41, 5.74) is -0.399. The molecule has 1 saturated carbocycles. The molecule has 1 aliphatic carbocycles. The number of imide groups is 1. The minimum Gasteiger partial charge on any atom is -0.497 e. The van der Waals surface area contributed by atoms with E-state index in [-0.39, 0.29) is 18.4 Å². The summed E-state index contributed by atoms with van der Waals surface area (Å²) in [6.45, 7) is 2.05. The summed E-state index contributed by atoms with van der Waals surface area (Å²) in [4.78, 5) is 39.0. The zero-order valence-electron chi connectivity index (χ0n) is 15.4. The maximum atomic E-state index is 13.2. The normalized spacial score (nSPS) is 25.3. The van der Waals surface area contributed by atoms with E-state index in [1.54, 1.807) is 18.2 Å². The zero-order chi connectivity index (χ0) is 19.2. The highest BCUT2D eigenvalue weighted by molar-refractivity contribution is 6.07. The first-order chi connectivity index (χ1) is 12.9. The Morgan fingerprint density at radius 1 is 1.26 bits per heavy atom. The number of carbonyl (C=O) groups excluding carboxylic acids is 2. The van der Waals surface area contributed by atoms with Crippen molar-refractivity contribution < 1.29 is 18.7 Å². The smallest absolute Gasteiger partial charge is 0.336 e. The number of nitrogens with zero attached hydrogens (tertiary/aromatic N) is 1. The standard InChI is InChI=1S/C20H22N2O5/c1-12-5-3-4-8-20(12)18(24)22(19(25)21-20)11-13-9-17(23)27-16-10-14(26-2)6-7-15(13)16/h6-7,9-10,12H,3-5,8,11H2,1-2H3,(H,21,25). The van der Waals surface area contributed by atoms with Crippen LogP contribution in [-0.2, 0) is 11.3 Å². The first-order valence-corrected chi connectivity index (χ1v) is 9.19. The number of hydrogen-bond donors (Lipinski definition) is 1. The fourth-order valence-electron chi connectivity index (χ4n) is 4.28. The van der Waals surface area contributed by atoms with E-state index in [0.717, 1.165) is 19.3 Å². The average molecular weight is 370 g/mol. The van der Waals surface area contributed by atoms with Gasteiger partial charge in [0.1, 0.15) is 16.9 Å². The molecule has 0 radical (unpaired) electrons. The number of hydrogen-bond acceptors (Lipinski definition) is 5. The van der Waals surface area contributed by atoms with E-state index in [1.807, 2.05) is 6.92 Å². The van der Waals surface area contributed by atoms with E-state index < -0.39 is 17.2 Å². The molecule has 2 aliphatic rings. The highest BCUT2D eigenvalue weighted by Crippen LogP contribution is 2.38. The first-order valence-electron chi connectivity index (χ1n) is 9.19. The Balaban J connectivity index is 1.71. The Labute approximate surface area is 156 Å². The molecule has 3 amide bonds. The highest BCUT2D eigenvalue weighted by atomic mass is 16.5. The monoisotopic (exact) mass is 370 g/mol. The largest absolute Gasteiger partial charge is 0.497 e. The molecule has 7 heteroatoms. The molecule has 27 heavy (non-hydrogen) atoms. The summed E-state index contributed by atoms with van der Waals surface area (Å²) >= 11 is 0. The first kappa shape index (κ1) is 17.6. The Bertz CT molecular complexity index is 982. The van der Waals surface area contributed by atoms with Crippen LogP contribution in [0, 0.1) is 5.92 Å². The van der Waals surface area contributed by atoms with E-state index >= 15 is 0 Å². The van der Waals surface area contributed by atoms with Crippen LogP contribution in [0.3, 0.4) is 0 Å². The molecule has 4 rings (SSSR count). The van der Waals surface area contributed by atoms with Gasteiger partial charge in [-0.2, -0.15) is 0 Å². The summed E-state index contributed by atoms with van der Waals surface area (Å²) in [6, 6.07) is 6.08. The molecular formula is C20H22N2O5. The van der Waals surface area contributed by atoms with Crippen molar-refractivity contribution in [2.75, 3.05) is 7.11 Å². The van der Waals surface area contributed by atoms with Gasteiger partial charge in [-0.05, 0) is 36.5 Å². The molecule has 7 nitrogen and oxygen atoms in total. The molecule has 1 aromatic carbocycles. The lowest BCUT2D eigenvalue weighted by molar-refractivity contribution is -0.134. The number of ether oxygens (including phenoxy) is 1. The van der Waals surface area contributed by atoms with Crippen LogP contribution in [0.2, 0.25) is 0 Å². The second-order valence-electron chi connectivity index (χ2n) is 7.39. The SMILES string of the molecule is COc1ccc2c(CN3C(=O)NC4(CCCCC4C)C3=O)cc(=O)oc2c1. The molecule has 2 unspecified atom stereocenters. The third-order valence-electron chi connectivity index (χ3n) is 5.87. The van der Waals surface area contributed by atoms with Gasteiger partial charge in [0.15, 0.2) is 0 Å². The zero-order valence-corrected chi connectivity index (χ0v) is 15.4. The molecule has 1 aliphatic heterocycles. The molecule has 1 saturated heterocycles. The molecule has 0 bridgehead atoms. The molecule has 2 heterocycles. The molecular weight excluding hydrogens is 348 g/mol. The number of urea groups is 1. The van der Waals surface area contributed by atoms with Crippen LogP contribution in [-0.4, -0.2) is 29.5 Å². The summed E-state index contributed by atoms with van der Waals surface area (Å²) < 4.78 is 10.4. The van der Waals surface area contributed by atoms with Crippen molar-refractivity contribution in [3.05, 3.63) is 40.2 Å². The molecule has 2 fully saturated rings. The van der Waals surface area contributed by atoms with Crippen LogP contribution in [0.15, 0.2) is 33.5 Å². The minimum absolute atomic E-state index is 0.0353. The van der Waals surface area contributed by atoms with Gasteiger partial charge in [0, 0.05) is 17.5 Å². The van der Waals surface area contributed by atoms with E-state index in [2.05, 4.69) is 5.32 Å². The van der Waals surface area contributed by atoms with E-state index in [4.69, 9.17) is 9.15 Å². The predicted molar refractivity (Wildman–Crippen MR) is 98.5 cm³/mol. The molecule has 2 aromatic rings. The van der Waals surface area contributed by atoms with Gasteiger partial charge >= 0.3 is 11.7 Å². The average Bonchev–Trinajstić information content (AvgIpc) is 2.88. The second-order valence-corrected chi connectivity index (χ2v) is 7.39. The lowest BCUT2D eigenvalue weighted by Gasteiger charge is -2.36. The lowest BCUT2D eigenvalue weighted by atomic mass is 9.73. The lowest BCUT2D eigenvalue weighted by Crippen LogP contribution is -2.53. The summed E-state index contributed by atoms with van der Waals surface area (Å²) in [5.74, 6) is 0.455. The van der Waals surface area contributed by atoms with Gasteiger partial charge in [0.25, 0.3) is 5.91 Å². The predicted octanol–water partition coefficient (Wildman–Crippen LogP) is 2.80. The maximum Gasteiger partial charge on any atom is 0.336 e. The van der Waals surface area contributed by atoms with Gasteiger partial charge in [-0.3, -0.25) is 9.69 Å². The van der Waals surface area contributed by atoms with Crippen molar-refractivity contribution in [3.8, 4) is 5.75 Å². The Hall–Kier alpha value is -2.83. The third-order valence-corrected chi connectivity index (χ3v) is 5.87. The van der Waals surface area contributed by atoms with Gasteiger partial charge in [-0.1, -0.05) is 19.8 Å². The van der Waals surface area contributed by atoms with Crippen LogP contribution in [0.4, 0.5) is 4.79 Å². The summed E-state index contributed by atoms with van der Waals surface area (Å²) in [5, 5.41) is 3.61. The number of carbonyl (C=O) groups is 2. The van der Waals surface area contributed by atoms with Crippen LogP contribution in [0.5, 0.6) is 5.75 Å². The second kappa shape index (κ2) is 6.40. The number of methoxy groups -OCH3 is 1. The summed E-state index contributed by atoms with van der Waals surface area (Å²) in [7, 11) is 1.53. The van der Waals surface area contributed by atoms with Crippen LogP contribution in [0.1, 0.15) is 38.2 Å². The van der Waals surface area contributed by atoms with Gasteiger partial charge < -0.3 is 14.5 Å². The molecule has 1 N–H and O–H groups in total. The van der Waals surface area contributed by atoms with Crippen molar-refractivity contribution in [1.82, 2.24) is 10.2 Å². The minimum atomic E-state index is -0.812. The topological polar surface area (TPSA) is 88.9 Å². The molecule has 1 aromatic heterocycles. The highest BCUT2D eigenvalue weighted by Gasteiger charge is 2.54. The number of amides is 3. The van der Waals surface area contributed by atoms with Crippen molar-refractivity contribution in [2.24, 2.45) is 5.92 Å². The van der Waals surface area contributed by atoms with E-state index in [0.29, 0.717) is 28.7 Å². The van der Waals surface area contributed by atoms with E-state index in [9.17, 15) is 14.4 Å². The fraction of sp³-hybridized carbons (Fsp3) is 0.450. The van der Waals surface area contributed by atoms with Crippen LogP contribution >= 0.6 is 0 Å². The number of benzene rings is 1. The molecule has 2 atom stereocenters. The molecule has 142 valence electrons. The maximum absolute atomic E-state index is 13.2. The van der Waals surface area contributed by atoms with Gasteiger partial charge in [-0.15, -0.1) is 0 Å². The van der Waals surface area contributed by atoms with Crippen molar-refractivity contribution >= 4 is 22.9 Å². The number of nitrogens with one attached hydrogen (secondary N) is 1. The fourth-order valence-corrected chi connectivity index (χ4v) is 4.28. The Morgan fingerprint density at radius 3 is 2.81 bits per heavy atom. The van der Waals surface area contributed by atoms with Gasteiger partial charge in [-0.25, -0.2) is 9.59 Å². The number of fused-ring (bicyclic) bond motifs is 1. The quantitative estimate of drug-likeness (QED) is 0.663. The van der Waals surface area contributed by atoms with Crippen molar-refractivity contribution in [2.45, 2.75) is 44.7 Å². The third kappa shape index (κ3) is 2.78. The Kier molecular flexibility index (Phi) is 4.17. The van der Waals surface area contributed by atoms with E-state index in [1.165, 1.54) is 18.1 Å². The summed E-state index contributed by atoms with van der Waals surface area (Å²) in [6.07, 6.45) is 3.56. The van der Waals surface area contributed by atoms with Gasteiger partial charge in [0.2, 0.25) is 0 Å². The number of rotatable bonds is 3. The van der Waals surface area contributed by atoms with Crippen molar-refractivity contribution in [3.63, 3.8) is 0 Å².